The number of nitrogens with zero attached hydrogens (tertiary/aromatic N) is 2. The lowest BCUT2D eigenvalue weighted by molar-refractivity contribution is -0.137. The van der Waals surface area contributed by atoms with Crippen LogP contribution in [0.5, 0.6) is 0 Å². The van der Waals surface area contributed by atoms with E-state index in [9.17, 15) is 13.2 Å². The highest BCUT2D eigenvalue weighted by molar-refractivity contribution is 5.78. The monoisotopic (exact) mass is 246 g/mol. The average Bonchev–Trinajstić information content (AvgIpc) is 2.73. The van der Waals surface area contributed by atoms with Crippen molar-refractivity contribution in [2.24, 2.45) is 11.1 Å². The van der Waals surface area contributed by atoms with E-state index in [1.807, 2.05) is 0 Å². The Balaban J connectivity index is 2.05. The van der Waals surface area contributed by atoms with Crippen LogP contribution in [0.2, 0.25) is 0 Å². The van der Waals surface area contributed by atoms with Gasteiger partial charge in [0.2, 0.25) is 0 Å². The Morgan fingerprint density at radius 1 is 1.53 bits per heavy atom. The van der Waals surface area contributed by atoms with Gasteiger partial charge in [-0.15, -0.1) is 0 Å². The topological polar surface area (TPSA) is 67.7 Å². The van der Waals surface area contributed by atoms with Crippen LogP contribution < -0.4 is 5.73 Å². The van der Waals surface area contributed by atoms with Crippen molar-refractivity contribution in [2.45, 2.75) is 32.0 Å². The van der Waals surface area contributed by atoms with E-state index in [4.69, 9.17) is 11.1 Å². The van der Waals surface area contributed by atoms with E-state index in [1.54, 1.807) is 0 Å². The fraction of sp³-hybridized carbons (Fsp3) is 0.600. The van der Waals surface area contributed by atoms with Gasteiger partial charge in [-0.05, 0) is 18.3 Å². The molecule has 1 aliphatic carbocycles. The van der Waals surface area contributed by atoms with Crippen molar-refractivity contribution in [3.8, 4) is 0 Å². The smallest absolute Gasteiger partial charge is 0.388 e. The van der Waals surface area contributed by atoms with E-state index in [0.29, 0.717) is 13.0 Å². The maximum Gasteiger partial charge on any atom is 0.419 e. The lowest BCUT2D eigenvalue weighted by Crippen LogP contribution is -2.21. The minimum Gasteiger partial charge on any atom is -0.388 e. The number of hydrogen-bond acceptors (Lipinski definition) is 2. The van der Waals surface area contributed by atoms with Crippen molar-refractivity contribution in [2.75, 3.05) is 0 Å². The van der Waals surface area contributed by atoms with Crippen molar-refractivity contribution in [1.29, 1.82) is 5.41 Å². The van der Waals surface area contributed by atoms with Gasteiger partial charge in [0.25, 0.3) is 0 Å². The summed E-state index contributed by atoms with van der Waals surface area (Å²) in [5, 5.41) is 10.9. The van der Waals surface area contributed by atoms with Crippen molar-refractivity contribution < 1.29 is 13.2 Å². The van der Waals surface area contributed by atoms with Crippen LogP contribution in [-0.4, -0.2) is 15.6 Å². The first kappa shape index (κ1) is 11.9. The first-order valence-electron chi connectivity index (χ1n) is 5.23. The van der Waals surface area contributed by atoms with Crippen LogP contribution in [0.25, 0.3) is 0 Å². The number of alkyl halides is 3. The molecule has 3 N–H and O–H groups in total. The largest absolute Gasteiger partial charge is 0.419 e. The van der Waals surface area contributed by atoms with Gasteiger partial charge < -0.3 is 5.73 Å². The lowest BCUT2D eigenvalue weighted by Gasteiger charge is -2.13. The molecule has 7 heteroatoms. The molecule has 17 heavy (non-hydrogen) atoms. The summed E-state index contributed by atoms with van der Waals surface area (Å²) < 4.78 is 38.3. The van der Waals surface area contributed by atoms with Gasteiger partial charge in [0.1, 0.15) is 0 Å². The molecule has 0 radical (unpaired) electrons. The zero-order valence-electron chi connectivity index (χ0n) is 9.09. The summed E-state index contributed by atoms with van der Waals surface area (Å²) in [6.07, 6.45) is -0.338. The Morgan fingerprint density at radius 2 is 2.18 bits per heavy atom. The third-order valence-corrected chi connectivity index (χ3v) is 2.98. The summed E-state index contributed by atoms with van der Waals surface area (Å²) in [6.45, 7) is 0.392. The zero-order chi connectivity index (χ0) is 12.7. The number of halogens is 3. The van der Waals surface area contributed by atoms with E-state index >= 15 is 0 Å². The highest BCUT2D eigenvalue weighted by Crippen LogP contribution is 2.50. The van der Waals surface area contributed by atoms with E-state index in [2.05, 4.69) is 5.10 Å². The Hall–Kier alpha value is -1.53. The molecule has 1 aromatic rings. The predicted octanol–water partition coefficient (Wildman–Crippen LogP) is 2.01. The highest BCUT2D eigenvalue weighted by atomic mass is 19.4. The molecule has 1 aliphatic rings. The number of nitrogens with two attached hydrogens (primary N) is 1. The van der Waals surface area contributed by atoms with Crippen LogP contribution in [0.15, 0.2) is 12.4 Å². The molecule has 0 unspecified atom stereocenters. The van der Waals surface area contributed by atoms with Gasteiger partial charge in [0.05, 0.1) is 17.6 Å². The molecule has 0 aromatic carbocycles. The first-order chi connectivity index (χ1) is 7.81. The molecule has 4 nitrogen and oxygen atoms in total. The van der Waals surface area contributed by atoms with E-state index < -0.39 is 11.7 Å². The van der Waals surface area contributed by atoms with Gasteiger partial charge in [0, 0.05) is 19.2 Å². The predicted molar refractivity (Wildman–Crippen MR) is 55.4 cm³/mol. The summed E-state index contributed by atoms with van der Waals surface area (Å²) in [7, 11) is 0. The molecule has 94 valence electrons. The Morgan fingerprint density at radius 3 is 2.59 bits per heavy atom. The summed E-state index contributed by atoms with van der Waals surface area (Å²) >= 11 is 0. The van der Waals surface area contributed by atoms with Crippen LogP contribution in [0, 0.1) is 10.8 Å². The summed E-state index contributed by atoms with van der Waals surface area (Å²) in [5.74, 6) is 0.0747. The second kappa shape index (κ2) is 3.75. The van der Waals surface area contributed by atoms with E-state index in [0.717, 1.165) is 25.2 Å². The third kappa shape index (κ3) is 2.78. The van der Waals surface area contributed by atoms with Gasteiger partial charge in [-0.2, -0.15) is 18.3 Å². The summed E-state index contributed by atoms with van der Waals surface area (Å²) in [5.41, 5.74) is 4.43. The zero-order valence-corrected chi connectivity index (χ0v) is 9.09. The molecule has 0 saturated heterocycles. The first-order valence-corrected chi connectivity index (χ1v) is 5.23. The minimum atomic E-state index is -4.35. The van der Waals surface area contributed by atoms with E-state index in [-0.39, 0.29) is 11.3 Å². The molecular formula is C10H13F3N4. The van der Waals surface area contributed by atoms with Crippen molar-refractivity contribution >= 4 is 5.84 Å². The normalized spacial score (nSPS) is 18.1. The number of amidine groups is 1. The molecule has 1 aromatic heterocycles. The molecule has 1 fully saturated rings. The fourth-order valence-corrected chi connectivity index (χ4v) is 1.91. The van der Waals surface area contributed by atoms with Crippen LogP contribution in [0.4, 0.5) is 13.2 Å². The second-order valence-corrected chi connectivity index (χ2v) is 4.63. The van der Waals surface area contributed by atoms with Crippen molar-refractivity contribution in [3.05, 3.63) is 18.0 Å². The Labute approximate surface area is 96.1 Å². The average molecular weight is 246 g/mol. The van der Waals surface area contributed by atoms with Crippen molar-refractivity contribution in [1.82, 2.24) is 9.78 Å². The van der Waals surface area contributed by atoms with Gasteiger partial charge in [0.15, 0.2) is 0 Å². The van der Waals surface area contributed by atoms with Crippen LogP contribution in [-0.2, 0) is 12.7 Å². The molecule has 2 rings (SSSR count). The summed E-state index contributed by atoms with van der Waals surface area (Å²) in [6, 6.07) is 0. The van der Waals surface area contributed by atoms with Crippen LogP contribution in [0.3, 0.4) is 0 Å². The van der Waals surface area contributed by atoms with Gasteiger partial charge in [-0.25, -0.2) is 0 Å². The van der Waals surface area contributed by atoms with Crippen LogP contribution >= 0.6 is 0 Å². The summed E-state index contributed by atoms with van der Waals surface area (Å²) in [4.78, 5) is 0. The number of aromatic nitrogens is 2. The molecular weight excluding hydrogens is 233 g/mol. The molecule has 1 saturated carbocycles. The minimum absolute atomic E-state index is 0.0747. The Bertz CT molecular complexity index is 431. The van der Waals surface area contributed by atoms with Crippen molar-refractivity contribution in [3.63, 3.8) is 0 Å². The number of rotatable bonds is 4. The maximum absolute atomic E-state index is 12.4. The molecule has 0 atom stereocenters. The highest BCUT2D eigenvalue weighted by Gasteiger charge is 2.44. The van der Waals surface area contributed by atoms with Gasteiger partial charge >= 0.3 is 6.18 Å². The SMILES string of the molecule is N=C(N)CC1(Cn2cc(C(F)(F)F)cn2)CC1. The fourth-order valence-electron chi connectivity index (χ4n) is 1.91. The van der Waals surface area contributed by atoms with Crippen LogP contribution in [0.1, 0.15) is 24.8 Å². The molecule has 0 bridgehead atoms. The number of hydrogen-bond donors (Lipinski definition) is 2. The van der Waals surface area contributed by atoms with E-state index in [1.165, 1.54) is 4.68 Å². The number of nitrogens with one attached hydrogen (secondary N) is 1. The lowest BCUT2D eigenvalue weighted by atomic mass is 10.0. The van der Waals surface area contributed by atoms with Gasteiger partial charge in [-0.3, -0.25) is 10.1 Å². The molecule has 0 aliphatic heterocycles. The quantitative estimate of drug-likeness (QED) is 0.630. The standard InChI is InChI=1S/C10H13F3N4/c11-10(12,13)7-4-16-17(5-7)6-9(1-2-9)3-8(14)15/h4-5H,1-3,6H2,(H3,14,15). The molecule has 0 spiro atoms. The van der Waals surface area contributed by atoms with Gasteiger partial charge in [-0.1, -0.05) is 0 Å². The maximum atomic E-state index is 12.4. The third-order valence-electron chi connectivity index (χ3n) is 2.98. The molecule has 1 heterocycles. The second-order valence-electron chi connectivity index (χ2n) is 4.63. The molecule has 0 amide bonds. The Kier molecular flexibility index (Phi) is 2.63.